The molecule has 2 aromatic carbocycles. The maximum Gasteiger partial charge on any atom is 0.246 e. The number of carbonyl (C=O) groups is 3. The van der Waals surface area contributed by atoms with Gasteiger partial charge in [-0.1, -0.05) is 54.6 Å². The fourth-order valence-electron chi connectivity index (χ4n) is 4.64. The number of carbonyl (C=O) groups excluding carboxylic acids is 3. The molecule has 0 saturated carbocycles. The van der Waals surface area contributed by atoms with Gasteiger partial charge in [-0.15, -0.1) is 0 Å². The number of aryl methyl sites for hydroxylation is 1. The SMILES string of the molecule is O=C[C@@H]1CCCN1C(=O)[C@@H]1Cc2ccccc2CN1C(=O)CCCc1ccccc1. The Balaban J connectivity index is 1.49. The number of likely N-dealkylation sites (tertiary alicyclic amines) is 1. The van der Waals surface area contributed by atoms with Crippen LogP contribution < -0.4 is 0 Å². The molecule has 2 heterocycles. The number of rotatable bonds is 6. The number of aldehydes is 1. The van der Waals surface area contributed by atoms with Crippen molar-refractivity contribution in [2.75, 3.05) is 6.54 Å². The number of nitrogens with zero attached hydrogens (tertiary/aromatic N) is 2. The lowest BCUT2D eigenvalue weighted by Crippen LogP contribution is -2.54. The molecule has 0 spiro atoms. The van der Waals surface area contributed by atoms with Crippen molar-refractivity contribution in [3.63, 3.8) is 0 Å². The lowest BCUT2D eigenvalue weighted by molar-refractivity contribution is -0.148. The first-order chi connectivity index (χ1) is 14.7. The summed E-state index contributed by atoms with van der Waals surface area (Å²) in [6.07, 6.45) is 4.94. The van der Waals surface area contributed by atoms with Gasteiger partial charge in [0.15, 0.2) is 0 Å². The quantitative estimate of drug-likeness (QED) is 0.695. The van der Waals surface area contributed by atoms with E-state index < -0.39 is 6.04 Å². The summed E-state index contributed by atoms with van der Waals surface area (Å²) in [6.45, 7) is 1.05. The van der Waals surface area contributed by atoms with E-state index in [0.717, 1.165) is 36.7 Å². The first kappa shape index (κ1) is 20.3. The zero-order chi connectivity index (χ0) is 20.9. The van der Waals surface area contributed by atoms with Crippen LogP contribution in [0.3, 0.4) is 0 Å². The highest BCUT2D eigenvalue weighted by Crippen LogP contribution is 2.27. The van der Waals surface area contributed by atoms with Crippen LogP contribution in [0.25, 0.3) is 0 Å². The normalized spacial score (nSPS) is 20.7. The fourth-order valence-corrected chi connectivity index (χ4v) is 4.64. The van der Waals surface area contributed by atoms with Crippen molar-refractivity contribution in [2.45, 2.75) is 57.2 Å². The third kappa shape index (κ3) is 4.30. The van der Waals surface area contributed by atoms with Gasteiger partial charge in [0.05, 0.1) is 6.04 Å². The lowest BCUT2D eigenvalue weighted by atomic mass is 9.92. The second-order valence-corrected chi connectivity index (χ2v) is 8.23. The highest BCUT2D eigenvalue weighted by atomic mass is 16.2. The minimum atomic E-state index is -0.523. The zero-order valence-corrected chi connectivity index (χ0v) is 17.2. The molecule has 30 heavy (non-hydrogen) atoms. The van der Waals surface area contributed by atoms with E-state index in [0.29, 0.717) is 32.4 Å². The Morgan fingerprint density at radius 3 is 2.47 bits per heavy atom. The Kier molecular flexibility index (Phi) is 6.26. The van der Waals surface area contributed by atoms with Gasteiger partial charge in [0.25, 0.3) is 0 Å². The maximum atomic E-state index is 13.4. The smallest absolute Gasteiger partial charge is 0.246 e. The van der Waals surface area contributed by atoms with Gasteiger partial charge in [0, 0.05) is 25.9 Å². The monoisotopic (exact) mass is 404 g/mol. The summed E-state index contributed by atoms with van der Waals surface area (Å²) in [7, 11) is 0. The van der Waals surface area contributed by atoms with Crippen molar-refractivity contribution in [1.29, 1.82) is 0 Å². The number of fused-ring (bicyclic) bond motifs is 1. The number of benzene rings is 2. The molecule has 2 amide bonds. The minimum Gasteiger partial charge on any atom is -0.331 e. The summed E-state index contributed by atoms with van der Waals surface area (Å²) in [5, 5.41) is 0. The largest absolute Gasteiger partial charge is 0.331 e. The van der Waals surface area contributed by atoms with Crippen molar-refractivity contribution in [3.05, 3.63) is 71.3 Å². The molecule has 0 unspecified atom stereocenters. The van der Waals surface area contributed by atoms with E-state index in [4.69, 9.17) is 0 Å². The molecule has 0 aromatic heterocycles. The molecule has 156 valence electrons. The van der Waals surface area contributed by atoms with Gasteiger partial charge in [-0.25, -0.2) is 0 Å². The van der Waals surface area contributed by atoms with Gasteiger partial charge < -0.3 is 14.6 Å². The second-order valence-electron chi connectivity index (χ2n) is 8.23. The predicted octanol–water partition coefficient (Wildman–Crippen LogP) is 3.15. The van der Waals surface area contributed by atoms with Crippen LogP contribution in [0.2, 0.25) is 0 Å². The molecule has 0 radical (unpaired) electrons. The third-order valence-corrected chi connectivity index (χ3v) is 6.29. The first-order valence-electron chi connectivity index (χ1n) is 10.8. The van der Waals surface area contributed by atoms with Gasteiger partial charge in [0.2, 0.25) is 11.8 Å². The third-order valence-electron chi connectivity index (χ3n) is 6.29. The molecule has 2 aliphatic heterocycles. The van der Waals surface area contributed by atoms with Crippen molar-refractivity contribution in [2.24, 2.45) is 0 Å². The molecular formula is C25H28N2O3. The van der Waals surface area contributed by atoms with Crippen molar-refractivity contribution in [3.8, 4) is 0 Å². The molecule has 5 nitrogen and oxygen atoms in total. The molecule has 2 aliphatic rings. The molecule has 2 aromatic rings. The van der Waals surface area contributed by atoms with E-state index in [9.17, 15) is 14.4 Å². The summed E-state index contributed by atoms with van der Waals surface area (Å²) in [6, 6.07) is 17.3. The molecule has 0 N–H and O–H groups in total. The minimum absolute atomic E-state index is 0.0145. The number of hydrogen-bond acceptors (Lipinski definition) is 3. The number of hydrogen-bond donors (Lipinski definition) is 0. The summed E-state index contributed by atoms with van der Waals surface area (Å²) < 4.78 is 0. The summed E-state index contributed by atoms with van der Waals surface area (Å²) in [5.74, 6) is -0.0730. The summed E-state index contributed by atoms with van der Waals surface area (Å²) in [4.78, 5) is 41.4. The van der Waals surface area contributed by atoms with Crippen LogP contribution in [0, 0.1) is 0 Å². The Morgan fingerprint density at radius 1 is 0.967 bits per heavy atom. The van der Waals surface area contributed by atoms with E-state index in [1.54, 1.807) is 9.80 Å². The topological polar surface area (TPSA) is 57.7 Å². The van der Waals surface area contributed by atoms with Crippen LogP contribution in [0.1, 0.15) is 42.4 Å². The lowest BCUT2D eigenvalue weighted by Gasteiger charge is -2.38. The van der Waals surface area contributed by atoms with E-state index in [1.807, 2.05) is 42.5 Å². The molecule has 0 aliphatic carbocycles. The van der Waals surface area contributed by atoms with Gasteiger partial charge in [-0.3, -0.25) is 9.59 Å². The molecule has 0 bridgehead atoms. The van der Waals surface area contributed by atoms with E-state index in [2.05, 4.69) is 12.1 Å². The first-order valence-corrected chi connectivity index (χ1v) is 10.8. The summed E-state index contributed by atoms with van der Waals surface area (Å²) >= 11 is 0. The number of amides is 2. The van der Waals surface area contributed by atoms with Gasteiger partial charge in [-0.2, -0.15) is 0 Å². The Bertz CT molecular complexity index is 912. The standard InChI is InChI=1S/C25H28N2O3/c28-18-22-13-7-15-26(22)25(30)23-16-20-11-4-5-12-21(20)17-27(23)24(29)14-6-10-19-8-2-1-3-9-19/h1-5,8-9,11-12,18,22-23H,6-7,10,13-17H2/t22-,23-/m0/s1. The van der Waals surface area contributed by atoms with Crippen LogP contribution in [0.4, 0.5) is 0 Å². The van der Waals surface area contributed by atoms with Crippen LogP contribution in [-0.2, 0) is 33.8 Å². The van der Waals surface area contributed by atoms with Gasteiger partial charge in [0.1, 0.15) is 12.3 Å². The van der Waals surface area contributed by atoms with E-state index in [1.165, 1.54) is 5.56 Å². The highest BCUT2D eigenvalue weighted by molar-refractivity contribution is 5.90. The predicted molar refractivity (Wildman–Crippen MR) is 115 cm³/mol. The van der Waals surface area contributed by atoms with Crippen molar-refractivity contribution >= 4 is 18.1 Å². The van der Waals surface area contributed by atoms with Crippen molar-refractivity contribution < 1.29 is 14.4 Å². The van der Waals surface area contributed by atoms with Crippen LogP contribution >= 0.6 is 0 Å². The Labute approximate surface area is 177 Å². The maximum absolute atomic E-state index is 13.4. The van der Waals surface area contributed by atoms with Gasteiger partial charge in [-0.05, 0) is 42.4 Å². The highest BCUT2D eigenvalue weighted by Gasteiger charge is 2.39. The zero-order valence-electron chi connectivity index (χ0n) is 17.2. The molecule has 2 atom stereocenters. The van der Waals surface area contributed by atoms with Crippen molar-refractivity contribution in [1.82, 2.24) is 9.80 Å². The van der Waals surface area contributed by atoms with Crippen LogP contribution in [-0.4, -0.2) is 46.5 Å². The van der Waals surface area contributed by atoms with Crippen LogP contribution in [0.15, 0.2) is 54.6 Å². The van der Waals surface area contributed by atoms with Crippen LogP contribution in [0.5, 0.6) is 0 Å². The molecular weight excluding hydrogens is 376 g/mol. The Morgan fingerprint density at radius 2 is 1.70 bits per heavy atom. The van der Waals surface area contributed by atoms with E-state index in [-0.39, 0.29) is 17.9 Å². The average molecular weight is 405 g/mol. The Hall–Kier alpha value is -2.95. The molecule has 1 fully saturated rings. The molecule has 5 heteroatoms. The average Bonchev–Trinajstić information content (AvgIpc) is 3.27. The second kappa shape index (κ2) is 9.24. The van der Waals surface area contributed by atoms with E-state index >= 15 is 0 Å². The molecule has 1 saturated heterocycles. The van der Waals surface area contributed by atoms with Gasteiger partial charge >= 0.3 is 0 Å². The summed E-state index contributed by atoms with van der Waals surface area (Å²) in [5.41, 5.74) is 3.44. The fraction of sp³-hybridized carbons (Fsp3) is 0.400. The molecule has 4 rings (SSSR count).